The maximum atomic E-state index is 5.43. The molecular formula is C49H51N3. The molecule has 1 N–H and O–H groups in total. The van der Waals surface area contributed by atoms with E-state index >= 15 is 0 Å². The lowest BCUT2D eigenvalue weighted by atomic mass is 9.83. The fourth-order valence-corrected chi connectivity index (χ4v) is 9.20. The molecule has 0 saturated heterocycles. The van der Waals surface area contributed by atoms with Crippen LogP contribution in [0.4, 0.5) is 0 Å². The van der Waals surface area contributed by atoms with Crippen molar-refractivity contribution in [2.75, 3.05) is 0 Å². The minimum Gasteiger partial charge on any atom is -0.345 e. The Morgan fingerprint density at radius 2 is 1.81 bits per heavy atom. The summed E-state index contributed by atoms with van der Waals surface area (Å²) in [6.45, 7) is 9.06. The Balaban J connectivity index is 1.15. The second-order valence-electron chi connectivity index (χ2n) is 15.1. The van der Waals surface area contributed by atoms with Crippen molar-refractivity contribution in [3.8, 4) is 11.1 Å². The van der Waals surface area contributed by atoms with Gasteiger partial charge in [-0.3, -0.25) is 9.98 Å². The van der Waals surface area contributed by atoms with Gasteiger partial charge in [0, 0.05) is 23.3 Å². The van der Waals surface area contributed by atoms with E-state index in [-0.39, 0.29) is 6.17 Å². The molecule has 5 unspecified atom stereocenters. The number of hydrogen-bond acceptors (Lipinski definition) is 2. The average Bonchev–Trinajstić information content (AvgIpc) is 3.76. The molecule has 0 aliphatic heterocycles. The van der Waals surface area contributed by atoms with Crippen LogP contribution in [0.5, 0.6) is 0 Å². The average molecular weight is 682 g/mol. The van der Waals surface area contributed by atoms with Gasteiger partial charge in [-0.2, -0.15) is 0 Å². The molecule has 0 saturated carbocycles. The third-order valence-corrected chi connectivity index (χ3v) is 11.7. The number of rotatable bonds is 11. The van der Waals surface area contributed by atoms with Crippen LogP contribution in [0.2, 0.25) is 0 Å². The molecule has 5 atom stereocenters. The van der Waals surface area contributed by atoms with Crippen molar-refractivity contribution in [1.29, 1.82) is 0 Å². The molecular weight excluding hydrogens is 631 g/mol. The van der Waals surface area contributed by atoms with E-state index in [4.69, 9.17) is 4.99 Å². The minimum absolute atomic E-state index is 0.303. The monoisotopic (exact) mass is 681 g/mol. The van der Waals surface area contributed by atoms with Gasteiger partial charge in [-0.05, 0) is 120 Å². The Kier molecular flexibility index (Phi) is 10.0. The van der Waals surface area contributed by atoms with Gasteiger partial charge in [-0.1, -0.05) is 135 Å². The molecule has 52 heavy (non-hydrogen) atoms. The first-order valence-corrected chi connectivity index (χ1v) is 19.5. The van der Waals surface area contributed by atoms with Gasteiger partial charge >= 0.3 is 0 Å². The molecule has 4 aromatic rings. The van der Waals surface area contributed by atoms with E-state index < -0.39 is 0 Å². The van der Waals surface area contributed by atoms with Crippen LogP contribution in [0.1, 0.15) is 108 Å². The molecule has 0 radical (unpaired) electrons. The van der Waals surface area contributed by atoms with Gasteiger partial charge in [0.2, 0.25) is 0 Å². The standard InChI is InChI=1S/C49H51N3/c1-4-14-34(15-5-2)36-20-13-21-39(28-36)49(52-48(50-3)40-24-25-44-41(31-40)29-37-18-9-11-22-43(37)44)51-32-33-26-42-30-38-19-10-12-23-45(38)47(42)46(27-33)35-16-7-6-8-17-35/h4,7,9-14,16,18-28,31,34-35,41,44,48H,3,5-6,8,15,17,29-30,32H2,1-2H3,(H,51,52)/b14-4-. The van der Waals surface area contributed by atoms with Gasteiger partial charge in [-0.15, -0.1) is 0 Å². The summed E-state index contributed by atoms with van der Waals surface area (Å²) in [7, 11) is 0. The largest absolute Gasteiger partial charge is 0.345 e. The Hall–Kier alpha value is -5.02. The van der Waals surface area contributed by atoms with Gasteiger partial charge in [0.05, 0.1) is 6.54 Å². The predicted molar refractivity (Wildman–Crippen MR) is 220 cm³/mol. The first-order valence-electron chi connectivity index (χ1n) is 19.5. The van der Waals surface area contributed by atoms with Crippen LogP contribution >= 0.6 is 0 Å². The third kappa shape index (κ3) is 6.82. The van der Waals surface area contributed by atoms with Crippen LogP contribution in [0.15, 0.2) is 143 Å². The topological polar surface area (TPSA) is 36.8 Å². The molecule has 0 heterocycles. The molecule has 3 heteroatoms. The number of fused-ring (bicyclic) bond motifs is 6. The van der Waals surface area contributed by atoms with Crippen LogP contribution in [-0.2, 0) is 19.4 Å². The van der Waals surface area contributed by atoms with Crippen LogP contribution in [0.25, 0.3) is 11.1 Å². The SMILES string of the molecule is C=NC(NC(=NCc1cc2c(c(C3C=CCCC3)c1)-c1ccccc1C2)c1cccc(C(/C=C\C)CCC)c1)C1=CC2Cc3ccccc3C2C=C1. The smallest absolute Gasteiger partial charge is 0.144 e. The Labute approximate surface area is 310 Å². The van der Waals surface area contributed by atoms with Gasteiger partial charge < -0.3 is 5.32 Å². The Bertz CT molecular complexity index is 2110. The molecule has 4 aliphatic carbocycles. The molecule has 262 valence electrons. The number of nitrogens with zero attached hydrogens (tertiary/aromatic N) is 2. The number of allylic oxidation sites excluding steroid dienone is 6. The van der Waals surface area contributed by atoms with Crippen molar-refractivity contribution >= 4 is 12.6 Å². The summed E-state index contributed by atoms with van der Waals surface area (Å²) in [6.07, 6.45) is 24.0. The fourth-order valence-electron chi connectivity index (χ4n) is 9.20. The molecule has 0 spiro atoms. The summed E-state index contributed by atoms with van der Waals surface area (Å²) < 4.78 is 0. The minimum atomic E-state index is -0.303. The summed E-state index contributed by atoms with van der Waals surface area (Å²) in [5.41, 5.74) is 14.9. The van der Waals surface area contributed by atoms with Crippen molar-refractivity contribution in [1.82, 2.24) is 5.32 Å². The summed E-state index contributed by atoms with van der Waals surface area (Å²) in [4.78, 5) is 10.1. The molecule has 0 aromatic heterocycles. The number of hydrogen-bond donors (Lipinski definition) is 1. The second kappa shape index (κ2) is 15.3. The van der Waals surface area contributed by atoms with E-state index in [9.17, 15) is 0 Å². The summed E-state index contributed by atoms with van der Waals surface area (Å²) in [5, 5.41) is 3.81. The first-order chi connectivity index (χ1) is 25.6. The molecule has 3 nitrogen and oxygen atoms in total. The molecule has 4 aliphatic rings. The van der Waals surface area contributed by atoms with E-state index in [1.54, 1.807) is 0 Å². The van der Waals surface area contributed by atoms with Crippen molar-refractivity contribution < 1.29 is 0 Å². The summed E-state index contributed by atoms with van der Waals surface area (Å²) in [6, 6.07) is 31.7. The normalized spacial score (nSPS) is 21.2. The van der Waals surface area contributed by atoms with E-state index in [2.05, 4.69) is 158 Å². The van der Waals surface area contributed by atoms with Crippen LogP contribution < -0.4 is 5.32 Å². The second-order valence-corrected chi connectivity index (χ2v) is 15.1. The van der Waals surface area contributed by atoms with Crippen molar-refractivity contribution in [3.63, 3.8) is 0 Å². The zero-order valence-electron chi connectivity index (χ0n) is 30.8. The maximum Gasteiger partial charge on any atom is 0.144 e. The number of amidine groups is 1. The lowest BCUT2D eigenvalue weighted by Gasteiger charge is -2.25. The van der Waals surface area contributed by atoms with E-state index in [0.717, 1.165) is 42.7 Å². The van der Waals surface area contributed by atoms with Crippen LogP contribution in [0, 0.1) is 5.92 Å². The highest BCUT2D eigenvalue weighted by Crippen LogP contribution is 2.45. The maximum absolute atomic E-state index is 5.43. The molecule has 4 aromatic carbocycles. The molecule has 0 amide bonds. The molecule has 0 bridgehead atoms. The van der Waals surface area contributed by atoms with Crippen molar-refractivity contribution in [3.05, 3.63) is 178 Å². The van der Waals surface area contributed by atoms with Gasteiger partial charge in [0.1, 0.15) is 12.0 Å². The highest BCUT2D eigenvalue weighted by atomic mass is 15.1. The quantitative estimate of drug-likeness (QED) is 0.0841. The Morgan fingerprint density at radius 1 is 0.942 bits per heavy atom. The highest BCUT2D eigenvalue weighted by Gasteiger charge is 2.32. The number of benzene rings is 4. The van der Waals surface area contributed by atoms with Gasteiger partial charge in [0.15, 0.2) is 0 Å². The lowest BCUT2D eigenvalue weighted by Crippen LogP contribution is -2.36. The number of aliphatic imine (C=N–C) groups is 2. The van der Waals surface area contributed by atoms with Crippen LogP contribution in [0.3, 0.4) is 0 Å². The van der Waals surface area contributed by atoms with Crippen molar-refractivity contribution in [2.45, 2.75) is 89.3 Å². The van der Waals surface area contributed by atoms with E-state index in [1.807, 2.05) is 0 Å². The zero-order chi connectivity index (χ0) is 35.4. The molecule has 0 fully saturated rings. The zero-order valence-corrected chi connectivity index (χ0v) is 30.8. The first kappa shape index (κ1) is 34.1. The predicted octanol–water partition coefficient (Wildman–Crippen LogP) is 11.6. The van der Waals surface area contributed by atoms with Crippen LogP contribution in [-0.4, -0.2) is 18.7 Å². The van der Waals surface area contributed by atoms with Gasteiger partial charge in [-0.25, -0.2) is 0 Å². The Morgan fingerprint density at radius 3 is 2.63 bits per heavy atom. The lowest BCUT2D eigenvalue weighted by molar-refractivity contribution is 0.608. The third-order valence-electron chi connectivity index (χ3n) is 11.7. The van der Waals surface area contributed by atoms with E-state index in [1.165, 1.54) is 69.3 Å². The van der Waals surface area contributed by atoms with Gasteiger partial charge in [0.25, 0.3) is 0 Å². The van der Waals surface area contributed by atoms with Crippen molar-refractivity contribution in [2.24, 2.45) is 15.9 Å². The fraction of sp³-hybridized carbons (Fsp3) is 0.306. The summed E-state index contributed by atoms with van der Waals surface area (Å²) >= 11 is 0. The summed E-state index contributed by atoms with van der Waals surface area (Å²) in [5.74, 6) is 2.55. The highest BCUT2D eigenvalue weighted by molar-refractivity contribution is 5.99. The number of nitrogens with one attached hydrogen (secondary N) is 1. The molecule has 8 rings (SSSR count). The van der Waals surface area contributed by atoms with E-state index in [0.29, 0.717) is 30.2 Å².